The zero-order chi connectivity index (χ0) is 15.9. The van der Waals surface area contributed by atoms with Crippen LogP contribution in [-0.2, 0) is 21.3 Å². The van der Waals surface area contributed by atoms with E-state index < -0.39 is 10.0 Å². The van der Waals surface area contributed by atoms with Gasteiger partial charge in [-0.15, -0.1) is 0 Å². The van der Waals surface area contributed by atoms with Gasteiger partial charge < -0.3 is 10.1 Å². The lowest BCUT2D eigenvalue weighted by atomic mass is 10.1. The number of nitrogens with one attached hydrogen (secondary N) is 2. The third-order valence-electron chi connectivity index (χ3n) is 3.26. The van der Waals surface area contributed by atoms with Crippen molar-refractivity contribution in [2.75, 3.05) is 19.7 Å². The molecule has 0 heterocycles. The van der Waals surface area contributed by atoms with Crippen LogP contribution in [0, 0.1) is 6.92 Å². The summed E-state index contributed by atoms with van der Waals surface area (Å²) < 4.78 is 32.8. The molecule has 0 fully saturated rings. The van der Waals surface area contributed by atoms with Crippen LogP contribution in [0.3, 0.4) is 0 Å². The highest BCUT2D eigenvalue weighted by Gasteiger charge is 2.19. The first-order valence-electron chi connectivity index (χ1n) is 7.32. The predicted octanol–water partition coefficient (Wildman–Crippen LogP) is 1.81. The lowest BCUT2D eigenvalue weighted by molar-refractivity contribution is 0.0799. The summed E-state index contributed by atoms with van der Waals surface area (Å²) in [6.45, 7) is 9.95. The highest BCUT2D eigenvalue weighted by atomic mass is 32.2. The molecule has 1 aromatic carbocycles. The van der Waals surface area contributed by atoms with Crippen LogP contribution in [0.25, 0.3) is 0 Å². The lowest BCUT2D eigenvalue weighted by Gasteiger charge is -2.15. The average molecular weight is 314 g/mol. The normalized spacial score (nSPS) is 13.3. The van der Waals surface area contributed by atoms with E-state index in [1.165, 1.54) is 0 Å². The molecule has 1 unspecified atom stereocenters. The quantitative estimate of drug-likeness (QED) is 0.729. The lowest BCUT2D eigenvalue weighted by Crippen LogP contribution is -2.32. The maximum Gasteiger partial charge on any atom is 0.240 e. The molecule has 0 aliphatic carbocycles. The molecule has 0 aromatic heterocycles. The van der Waals surface area contributed by atoms with E-state index in [1.807, 2.05) is 33.8 Å². The molecule has 0 bridgehead atoms. The van der Waals surface area contributed by atoms with Gasteiger partial charge in [0.15, 0.2) is 0 Å². The van der Waals surface area contributed by atoms with Crippen molar-refractivity contribution in [3.63, 3.8) is 0 Å². The summed E-state index contributed by atoms with van der Waals surface area (Å²) in [5.74, 6) is 0. The fourth-order valence-corrected chi connectivity index (χ4v) is 3.45. The Morgan fingerprint density at radius 1 is 1.29 bits per heavy atom. The number of ether oxygens (including phenoxy) is 1. The van der Waals surface area contributed by atoms with Gasteiger partial charge in [0.25, 0.3) is 0 Å². The van der Waals surface area contributed by atoms with E-state index in [2.05, 4.69) is 10.0 Å². The third-order valence-corrected chi connectivity index (χ3v) is 4.83. The monoisotopic (exact) mass is 314 g/mol. The average Bonchev–Trinajstić information content (AvgIpc) is 2.44. The Balaban J connectivity index is 2.87. The van der Waals surface area contributed by atoms with Gasteiger partial charge in [0.1, 0.15) is 0 Å². The van der Waals surface area contributed by atoms with Gasteiger partial charge >= 0.3 is 0 Å². The predicted molar refractivity (Wildman–Crippen MR) is 84.8 cm³/mol. The number of hydrogen-bond donors (Lipinski definition) is 2. The molecule has 0 spiro atoms. The minimum atomic E-state index is -3.51. The molecule has 1 aromatic rings. The number of sulfonamides is 1. The molecule has 6 heteroatoms. The van der Waals surface area contributed by atoms with Crippen molar-refractivity contribution in [1.82, 2.24) is 10.0 Å². The maximum atomic E-state index is 12.4. The molecule has 21 heavy (non-hydrogen) atoms. The molecule has 0 radical (unpaired) electrons. The molecule has 2 N–H and O–H groups in total. The molecule has 0 saturated heterocycles. The van der Waals surface area contributed by atoms with Gasteiger partial charge in [0.05, 0.1) is 11.0 Å². The van der Waals surface area contributed by atoms with Crippen molar-refractivity contribution in [3.8, 4) is 0 Å². The van der Waals surface area contributed by atoms with E-state index in [0.717, 1.165) is 17.7 Å². The van der Waals surface area contributed by atoms with E-state index in [4.69, 9.17) is 4.74 Å². The minimum absolute atomic E-state index is 0.143. The molecular formula is C15H26N2O3S. The van der Waals surface area contributed by atoms with Gasteiger partial charge in [0.2, 0.25) is 10.0 Å². The van der Waals surface area contributed by atoms with E-state index in [9.17, 15) is 8.42 Å². The van der Waals surface area contributed by atoms with Crippen molar-refractivity contribution in [2.45, 2.75) is 45.2 Å². The molecule has 1 rings (SSSR count). The number of rotatable bonds is 9. The van der Waals surface area contributed by atoms with Crippen LogP contribution >= 0.6 is 0 Å². The SMILES string of the molecule is CCNCc1cccc(S(=O)(=O)NCC(C)OCC)c1C. The van der Waals surface area contributed by atoms with Gasteiger partial charge in [-0.3, -0.25) is 0 Å². The molecular weight excluding hydrogens is 288 g/mol. The van der Waals surface area contributed by atoms with Crippen LogP contribution in [-0.4, -0.2) is 34.2 Å². The fourth-order valence-electron chi connectivity index (χ4n) is 2.05. The second-order valence-electron chi connectivity index (χ2n) is 4.94. The second kappa shape index (κ2) is 8.48. The van der Waals surface area contributed by atoms with Crippen LogP contribution < -0.4 is 10.0 Å². The molecule has 0 aliphatic heterocycles. The Morgan fingerprint density at radius 2 is 2.00 bits per heavy atom. The first-order chi connectivity index (χ1) is 9.92. The van der Waals surface area contributed by atoms with Crippen molar-refractivity contribution in [3.05, 3.63) is 29.3 Å². The Hall–Kier alpha value is -0.950. The van der Waals surface area contributed by atoms with Crippen molar-refractivity contribution in [1.29, 1.82) is 0 Å². The van der Waals surface area contributed by atoms with E-state index in [-0.39, 0.29) is 12.6 Å². The van der Waals surface area contributed by atoms with E-state index >= 15 is 0 Å². The molecule has 5 nitrogen and oxygen atoms in total. The number of hydrogen-bond acceptors (Lipinski definition) is 4. The fraction of sp³-hybridized carbons (Fsp3) is 0.600. The topological polar surface area (TPSA) is 67.4 Å². The largest absolute Gasteiger partial charge is 0.377 e. The molecule has 120 valence electrons. The summed E-state index contributed by atoms with van der Waals surface area (Å²) >= 11 is 0. The highest BCUT2D eigenvalue weighted by molar-refractivity contribution is 7.89. The summed E-state index contributed by atoms with van der Waals surface area (Å²) in [6.07, 6.45) is -0.143. The highest BCUT2D eigenvalue weighted by Crippen LogP contribution is 2.18. The van der Waals surface area contributed by atoms with E-state index in [0.29, 0.717) is 18.0 Å². The van der Waals surface area contributed by atoms with Gasteiger partial charge in [-0.2, -0.15) is 0 Å². The third kappa shape index (κ3) is 5.39. The molecule has 1 atom stereocenters. The van der Waals surface area contributed by atoms with Crippen LogP contribution in [0.15, 0.2) is 23.1 Å². The Morgan fingerprint density at radius 3 is 2.62 bits per heavy atom. The molecule has 0 amide bonds. The summed E-state index contributed by atoms with van der Waals surface area (Å²) in [5.41, 5.74) is 1.78. The zero-order valence-corrected chi connectivity index (χ0v) is 14.1. The van der Waals surface area contributed by atoms with Gasteiger partial charge in [-0.1, -0.05) is 19.1 Å². The Kier molecular flexibility index (Phi) is 7.31. The van der Waals surface area contributed by atoms with Crippen LogP contribution in [0.4, 0.5) is 0 Å². The van der Waals surface area contributed by atoms with Crippen LogP contribution in [0.5, 0.6) is 0 Å². The van der Waals surface area contributed by atoms with Gasteiger partial charge in [-0.05, 0) is 44.5 Å². The second-order valence-corrected chi connectivity index (χ2v) is 6.67. The first-order valence-corrected chi connectivity index (χ1v) is 8.81. The first kappa shape index (κ1) is 18.1. The molecule has 0 saturated carbocycles. The van der Waals surface area contributed by atoms with Gasteiger partial charge in [-0.25, -0.2) is 13.1 Å². The summed E-state index contributed by atoms with van der Waals surface area (Å²) in [4.78, 5) is 0.335. The standard InChI is InChI=1S/C15H26N2O3S/c1-5-16-11-14-8-7-9-15(13(14)4)21(18,19)17-10-12(3)20-6-2/h7-9,12,16-17H,5-6,10-11H2,1-4H3. The molecule has 0 aliphatic rings. The van der Waals surface area contributed by atoms with Crippen molar-refractivity contribution >= 4 is 10.0 Å². The minimum Gasteiger partial charge on any atom is -0.377 e. The number of benzene rings is 1. The zero-order valence-electron chi connectivity index (χ0n) is 13.3. The Bertz CT molecular complexity index is 544. The van der Waals surface area contributed by atoms with Crippen LogP contribution in [0.2, 0.25) is 0 Å². The maximum absolute atomic E-state index is 12.4. The smallest absolute Gasteiger partial charge is 0.240 e. The summed E-state index contributed by atoms with van der Waals surface area (Å²) in [6, 6.07) is 5.36. The van der Waals surface area contributed by atoms with Gasteiger partial charge in [0, 0.05) is 19.7 Å². The Labute approximate surface area is 128 Å². The summed E-state index contributed by atoms with van der Waals surface area (Å²) in [5, 5.41) is 3.22. The summed E-state index contributed by atoms with van der Waals surface area (Å²) in [7, 11) is -3.51. The van der Waals surface area contributed by atoms with Crippen LogP contribution in [0.1, 0.15) is 31.9 Å². The van der Waals surface area contributed by atoms with Crippen molar-refractivity contribution < 1.29 is 13.2 Å². The van der Waals surface area contributed by atoms with Crippen molar-refractivity contribution in [2.24, 2.45) is 0 Å². The van der Waals surface area contributed by atoms with E-state index in [1.54, 1.807) is 12.1 Å².